The Morgan fingerprint density at radius 1 is 1.13 bits per heavy atom. The van der Waals surface area contributed by atoms with Crippen molar-refractivity contribution in [1.29, 1.82) is 0 Å². The van der Waals surface area contributed by atoms with Gasteiger partial charge in [-0.25, -0.2) is 0 Å². The highest BCUT2D eigenvalue weighted by Gasteiger charge is 2.24. The van der Waals surface area contributed by atoms with Gasteiger partial charge in [0.05, 0.1) is 19.3 Å². The van der Waals surface area contributed by atoms with Gasteiger partial charge in [-0.3, -0.25) is 9.69 Å². The summed E-state index contributed by atoms with van der Waals surface area (Å²) in [5.74, 6) is 0.282. The third-order valence-corrected chi connectivity index (χ3v) is 5.85. The van der Waals surface area contributed by atoms with E-state index < -0.39 is 0 Å². The lowest BCUT2D eigenvalue weighted by atomic mass is 10.0. The van der Waals surface area contributed by atoms with Crippen LogP contribution >= 0.6 is 27.5 Å². The molecule has 1 aliphatic rings. The summed E-state index contributed by atoms with van der Waals surface area (Å²) in [6, 6.07) is 17.0. The van der Waals surface area contributed by atoms with E-state index in [1.54, 1.807) is 6.07 Å². The zero-order valence-corrected chi connectivity index (χ0v) is 18.5. The predicted molar refractivity (Wildman–Crippen MR) is 119 cm³/mol. The van der Waals surface area contributed by atoms with Crippen molar-refractivity contribution >= 4 is 33.4 Å². The first-order valence-corrected chi connectivity index (χ1v) is 10.9. The Hall–Kier alpha value is -2.19. The van der Waals surface area contributed by atoms with Gasteiger partial charge in [0.2, 0.25) is 0 Å². The largest absolute Gasteiger partial charge is 0.379 e. The van der Waals surface area contributed by atoms with Crippen molar-refractivity contribution in [2.75, 3.05) is 32.8 Å². The molecular formula is C22H21BrClN3O3. The number of carbonyl (C=O) groups excluding carboxylic acids is 1. The predicted octanol–water partition coefficient (Wildman–Crippen LogP) is 4.56. The minimum atomic E-state index is -0.269. The maximum absolute atomic E-state index is 12.7. The van der Waals surface area contributed by atoms with Gasteiger partial charge in [0, 0.05) is 40.8 Å². The average molecular weight is 491 g/mol. The molecular weight excluding hydrogens is 470 g/mol. The van der Waals surface area contributed by atoms with Crippen molar-refractivity contribution < 1.29 is 14.1 Å². The second kappa shape index (κ2) is 9.75. The number of nitrogens with one attached hydrogen (secondary N) is 1. The van der Waals surface area contributed by atoms with Crippen LogP contribution in [0.2, 0.25) is 5.02 Å². The fourth-order valence-corrected chi connectivity index (χ4v) is 3.83. The van der Waals surface area contributed by atoms with Crippen molar-refractivity contribution in [1.82, 2.24) is 15.4 Å². The molecule has 8 heteroatoms. The number of benzene rings is 2. The van der Waals surface area contributed by atoms with Crippen LogP contribution in [0, 0.1) is 0 Å². The van der Waals surface area contributed by atoms with Gasteiger partial charge in [0.15, 0.2) is 11.5 Å². The summed E-state index contributed by atoms with van der Waals surface area (Å²) in [4.78, 5) is 15.0. The lowest BCUT2D eigenvalue weighted by Gasteiger charge is -2.34. The molecule has 0 saturated carbocycles. The number of hydrogen-bond donors (Lipinski definition) is 1. The summed E-state index contributed by atoms with van der Waals surface area (Å²) >= 11 is 9.45. The summed E-state index contributed by atoms with van der Waals surface area (Å²) in [5, 5.41) is 7.63. The van der Waals surface area contributed by atoms with Gasteiger partial charge in [0.25, 0.3) is 5.91 Å². The van der Waals surface area contributed by atoms with E-state index in [0.717, 1.165) is 28.7 Å². The zero-order valence-electron chi connectivity index (χ0n) is 16.2. The number of halogens is 2. The van der Waals surface area contributed by atoms with Crippen LogP contribution in [0.1, 0.15) is 22.1 Å². The lowest BCUT2D eigenvalue weighted by molar-refractivity contribution is 0.0162. The summed E-state index contributed by atoms with van der Waals surface area (Å²) in [5.41, 5.74) is 2.21. The molecule has 1 aliphatic heterocycles. The monoisotopic (exact) mass is 489 g/mol. The molecule has 3 aromatic rings. The molecule has 1 fully saturated rings. The minimum Gasteiger partial charge on any atom is -0.379 e. The zero-order chi connectivity index (χ0) is 20.9. The van der Waals surface area contributed by atoms with E-state index in [1.807, 2.05) is 48.5 Å². The molecule has 1 atom stereocenters. The van der Waals surface area contributed by atoms with Crippen LogP contribution in [0.4, 0.5) is 0 Å². The van der Waals surface area contributed by atoms with Crippen LogP contribution in [-0.2, 0) is 4.74 Å². The summed E-state index contributed by atoms with van der Waals surface area (Å²) in [6.07, 6.45) is 0. The molecule has 4 rings (SSSR count). The minimum absolute atomic E-state index is 0.0213. The third kappa shape index (κ3) is 5.10. The quantitative estimate of drug-likeness (QED) is 0.549. The Kier molecular flexibility index (Phi) is 6.84. The van der Waals surface area contributed by atoms with E-state index in [4.69, 9.17) is 20.9 Å². The molecule has 30 heavy (non-hydrogen) atoms. The lowest BCUT2D eigenvalue weighted by Crippen LogP contribution is -2.43. The first-order valence-electron chi connectivity index (χ1n) is 9.68. The Morgan fingerprint density at radius 2 is 1.83 bits per heavy atom. The number of ether oxygens (including phenoxy) is 1. The van der Waals surface area contributed by atoms with Crippen molar-refractivity contribution in [2.45, 2.75) is 6.04 Å². The van der Waals surface area contributed by atoms with Crippen molar-refractivity contribution in [3.05, 3.63) is 75.4 Å². The Bertz CT molecular complexity index is 986. The highest BCUT2D eigenvalue weighted by atomic mass is 79.9. The van der Waals surface area contributed by atoms with Gasteiger partial charge >= 0.3 is 0 Å². The van der Waals surface area contributed by atoms with Gasteiger partial charge in [-0.15, -0.1) is 0 Å². The van der Waals surface area contributed by atoms with Gasteiger partial charge < -0.3 is 14.6 Å². The summed E-state index contributed by atoms with van der Waals surface area (Å²) in [7, 11) is 0. The molecule has 6 nitrogen and oxygen atoms in total. The fraction of sp³-hybridized carbons (Fsp3) is 0.273. The second-order valence-electron chi connectivity index (χ2n) is 7.01. The van der Waals surface area contributed by atoms with Gasteiger partial charge in [-0.1, -0.05) is 57.0 Å². The molecule has 1 aromatic heterocycles. The molecule has 0 bridgehead atoms. The highest BCUT2D eigenvalue weighted by Crippen LogP contribution is 2.24. The summed E-state index contributed by atoms with van der Waals surface area (Å²) < 4.78 is 11.8. The van der Waals surface area contributed by atoms with E-state index >= 15 is 0 Å². The topological polar surface area (TPSA) is 67.6 Å². The van der Waals surface area contributed by atoms with E-state index in [-0.39, 0.29) is 17.6 Å². The average Bonchev–Trinajstić information content (AvgIpc) is 3.27. The number of amides is 1. The first kappa shape index (κ1) is 21.1. The number of carbonyl (C=O) groups is 1. The molecule has 156 valence electrons. The molecule has 0 spiro atoms. The standard InChI is InChI=1S/C22H21BrClN3O3/c23-17-5-1-16(2-6-17)21-13-19(26-30-21)22(28)25-14-20(27-9-11-29-12-10-27)15-3-7-18(24)8-4-15/h1-8,13,20H,9-12,14H2,(H,25,28)/t20-/m0/s1. The SMILES string of the molecule is O=C(NC[C@@H](c1ccc(Cl)cc1)N1CCOCC1)c1cc(-c2ccc(Br)cc2)on1. The second-order valence-corrected chi connectivity index (χ2v) is 8.36. The van der Waals surface area contributed by atoms with E-state index in [2.05, 4.69) is 31.3 Å². The van der Waals surface area contributed by atoms with E-state index in [1.165, 1.54) is 0 Å². The first-order chi connectivity index (χ1) is 14.6. The Labute approximate surface area is 188 Å². The molecule has 0 radical (unpaired) electrons. The van der Waals surface area contributed by atoms with Crippen molar-refractivity contribution in [3.8, 4) is 11.3 Å². The molecule has 2 aromatic carbocycles. The van der Waals surface area contributed by atoms with Crippen LogP contribution in [0.5, 0.6) is 0 Å². The molecule has 0 aliphatic carbocycles. The molecule has 0 unspecified atom stereocenters. The van der Waals surface area contributed by atoms with E-state index in [9.17, 15) is 4.79 Å². The van der Waals surface area contributed by atoms with Crippen LogP contribution in [0.15, 0.2) is 63.6 Å². The maximum atomic E-state index is 12.7. The van der Waals surface area contributed by atoms with Crippen LogP contribution in [0.3, 0.4) is 0 Å². The highest BCUT2D eigenvalue weighted by molar-refractivity contribution is 9.10. The molecule has 1 saturated heterocycles. The number of hydrogen-bond acceptors (Lipinski definition) is 5. The smallest absolute Gasteiger partial charge is 0.273 e. The number of aromatic nitrogens is 1. The molecule has 1 amide bonds. The molecule has 2 heterocycles. The van der Waals surface area contributed by atoms with Crippen molar-refractivity contribution in [2.24, 2.45) is 0 Å². The Balaban J connectivity index is 1.45. The Morgan fingerprint density at radius 3 is 2.53 bits per heavy atom. The number of rotatable bonds is 6. The normalized spacial score (nSPS) is 15.7. The van der Waals surface area contributed by atoms with Crippen LogP contribution < -0.4 is 5.32 Å². The van der Waals surface area contributed by atoms with Crippen molar-refractivity contribution in [3.63, 3.8) is 0 Å². The van der Waals surface area contributed by atoms with Gasteiger partial charge in [0.1, 0.15) is 0 Å². The van der Waals surface area contributed by atoms with Crippen LogP contribution in [0.25, 0.3) is 11.3 Å². The molecule has 1 N–H and O–H groups in total. The number of morpholine rings is 1. The fourth-order valence-electron chi connectivity index (χ4n) is 3.44. The summed E-state index contributed by atoms with van der Waals surface area (Å²) in [6.45, 7) is 3.42. The maximum Gasteiger partial charge on any atom is 0.273 e. The number of nitrogens with zero attached hydrogens (tertiary/aromatic N) is 2. The van der Waals surface area contributed by atoms with E-state index in [0.29, 0.717) is 30.5 Å². The van der Waals surface area contributed by atoms with Crippen LogP contribution in [-0.4, -0.2) is 48.8 Å². The van der Waals surface area contributed by atoms with Gasteiger partial charge in [-0.2, -0.15) is 0 Å². The van der Waals surface area contributed by atoms with Gasteiger partial charge in [-0.05, 0) is 29.8 Å². The third-order valence-electron chi connectivity index (χ3n) is 5.07.